The molecule has 0 aliphatic carbocycles. The predicted molar refractivity (Wildman–Crippen MR) is 70.2 cm³/mol. The molecule has 0 heterocycles. The molecule has 0 fully saturated rings. The van der Waals surface area contributed by atoms with Gasteiger partial charge in [0.15, 0.2) is 9.84 Å². The van der Waals surface area contributed by atoms with Crippen LogP contribution in [0.5, 0.6) is 0 Å². The summed E-state index contributed by atoms with van der Waals surface area (Å²) in [6.45, 7) is 3.13. The van der Waals surface area contributed by atoms with Gasteiger partial charge in [-0.25, -0.2) is 8.42 Å². The number of hydrogen-bond acceptors (Lipinski definition) is 3. The molecule has 1 aromatic carbocycles. The van der Waals surface area contributed by atoms with Crippen LogP contribution in [0.2, 0.25) is 0 Å². The highest BCUT2D eigenvalue weighted by molar-refractivity contribution is 7.92. The maximum absolute atomic E-state index is 11.8. The van der Waals surface area contributed by atoms with E-state index in [1.54, 1.807) is 26.0 Å². The van der Waals surface area contributed by atoms with Crippen molar-refractivity contribution in [2.45, 2.75) is 25.5 Å². The molecule has 1 N–H and O–H groups in total. The van der Waals surface area contributed by atoms with Gasteiger partial charge in [-0.05, 0) is 25.8 Å². The zero-order valence-electron chi connectivity index (χ0n) is 10.5. The first-order chi connectivity index (χ1) is 8.33. The van der Waals surface area contributed by atoms with Gasteiger partial charge in [0, 0.05) is 0 Å². The first-order valence-electron chi connectivity index (χ1n) is 5.81. The van der Waals surface area contributed by atoms with Gasteiger partial charge in [-0.1, -0.05) is 30.3 Å². The summed E-state index contributed by atoms with van der Waals surface area (Å²) >= 11 is 0. The number of rotatable bonds is 6. The van der Waals surface area contributed by atoms with Gasteiger partial charge in [0.25, 0.3) is 0 Å². The fraction of sp³-hybridized carbons (Fsp3) is 0.462. The van der Waals surface area contributed by atoms with Crippen LogP contribution in [-0.2, 0) is 21.1 Å². The van der Waals surface area contributed by atoms with Crippen LogP contribution in [0.1, 0.15) is 19.4 Å². The molecule has 18 heavy (non-hydrogen) atoms. The minimum absolute atomic E-state index is 0.238. The molecular formula is C13H18O4S. The Balaban J connectivity index is 2.83. The lowest BCUT2D eigenvalue weighted by Crippen LogP contribution is -2.29. The molecule has 0 saturated carbocycles. The maximum Gasteiger partial charge on any atom is 0.307 e. The van der Waals surface area contributed by atoms with Crippen LogP contribution in [0.15, 0.2) is 30.3 Å². The maximum atomic E-state index is 11.8. The smallest absolute Gasteiger partial charge is 0.307 e. The first-order valence-corrected chi connectivity index (χ1v) is 7.52. The van der Waals surface area contributed by atoms with Gasteiger partial charge < -0.3 is 5.11 Å². The number of carbonyl (C=O) groups is 1. The Labute approximate surface area is 108 Å². The molecule has 0 unspecified atom stereocenters. The van der Waals surface area contributed by atoms with Crippen molar-refractivity contribution < 1.29 is 18.3 Å². The van der Waals surface area contributed by atoms with E-state index in [0.717, 1.165) is 5.56 Å². The Hall–Kier alpha value is -1.36. The molecule has 1 atom stereocenters. The SMILES string of the molecule is CC(C)S(=O)(=O)C[C@H](Cc1ccccc1)C(=O)O. The fourth-order valence-electron chi connectivity index (χ4n) is 1.59. The highest BCUT2D eigenvalue weighted by Crippen LogP contribution is 2.14. The predicted octanol–water partition coefficient (Wildman–Crippen LogP) is 1.75. The summed E-state index contributed by atoms with van der Waals surface area (Å²) in [7, 11) is -3.34. The molecule has 0 bridgehead atoms. The van der Waals surface area contributed by atoms with Gasteiger partial charge in [0.05, 0.1) is 16.9 Å². The Kier molecular flexibility index (Phi) is 4.90. The number of carboxylic acid groups (broad SMARTS) is 1. The molecule has 1 rings (SSSR count). The number of carboxylic acids is 1. The highest BCUT2D eigenvalue weighted by Gasteiger charge is 2.27. The van der Waals surface area contributed by atoms with E-state index >= 15 is 0 Å². The second-order valence-corrected chi connectivity index (χ2v) is 7.21. The summed E-state index contributed by atoms with van der Waals surface area (Å²) in [6.07, 6.45) is 0.238. The molecule has 1 aromatic rings. The number of benzene rings is 1. The van der Waals surface area contributed by atoms with Crippen molar-refractivity contribution in [2.24, 2.45) is 5.92 Å². The summed E-state index contributed by atoms with van der Waals surface area (Å²) in [5.74, 6) is -2.27. The van der Waals surface area contributed by atoms with Crippen molar-refractivity contribution in [2.75, 3.05) is 5.75 Å². The van der Waals surface area contributed by atoms with Crippen LogP contribution in [0.4, 0.5) is 0 Å². The van der Waals surface area contributed by atoms with E-state index in [-0.39, 0.29) is 12.2 Å². The molecule has 0 aliphatic heterocycles. The van der Waals surface area contributed by atoms with Crippen molar-refractivity contribution in [1.29, 1.82) is 0 Å². The van der Waals surface area contributed by atoms with E-state index in [0.29, 0.717) is 0 Å². The molecule has 0 aromatic heterocycles. The zero-order valence-corrected chi connectivity index (χ0v) is 11.4. The van der Waals surface area contributed by atoms with Crippen molar-refractivity contribution in [3.05, 3.63) is 35.9 Å². The van der Waals surface area contributed by atoms with Crippen LogP contribution >= 0.6 is 0 Å². The minimum atomic E-state index is -3.34. The second kappa shape index (κ2) is 6.00. The molecule has 4 nitrogen and oxygen atoms in total. The largest absolute Gasteiger partial charge is 0.481 e. The van der Waals surface area contributed by atoms with E-state index in [2.05, 4.69) is 0 Å². The van der Waals surface area contributed by atoms with Gasteiger partial charge in [-0.2, -0.15) is 0 Å². The lowest BCUT2D eigenvalue weighted by atomic mass is 10.0. The fourth-order valence-corrected chi connectivity index (χ4v) is 2.80. The van der Waals surface area contributed by atoms with Crippen molar-refractivity contribution >= 4 is 15.8 Å². The topological polar surface area (TPSA) is 71.4 Å². The van der Waals surface area contributed by atoms with E-state index in [1.165, 1.54) is 0 Å². The minimum Gasteiger partial charge on any atom is -0.481 e. The Morgan fingerprint density at radius 1 is 1.22 bits per heavy atom. The van der Waals surface area contributed by atoms with Gasteiger partial charge in [0.1, 0.15) is 0 Å². The van der Waals surface area contributed by atoms with Gasteiger partial charge >= 0.3 is 5.97 Å². The van der Waals surface area contributed by atoms with E-state index in [4.69, 9.17) is 5.11 Å². The number of sulfone groups is 1. The van der Waals surface area contributed by atoms with Crippen LogP contribution in [0.3, 0.4) is 0 Å². The summed E-state index contributed by atoms with van der Waals surface area (Å²) in [5, 5.41) is 8.57. The average molecular weight is 270 g/mol. The third-order valence-corrected chi connectivity index (χ3v) is 5.13. The van der Waals surface area contributed by atoms with Crippen LogP contribution < -0.4 is 0 Å². The van der Waals surface area contributed by atoms with Crippen LogP contribution in [0, 0.1) is 5.92 Å². The third kappa shape index (κ3) is 4.14. The number of hydrogen-bond donors (Lipinski definition) is 1. The van der Waals surface area contributed by atoms with E-state index in [9.17, 15) is 13.2 Å². The van der Waals surface area contributed by atoms with Crippen LogP contribution in [-0.4, -0.2) is 30.5 Å². The van der Waals surface area contributed by atoms with E-state index < -0.39 is 27.0 Å². The van der Waals surface area contributed by atoms with Crippen molar-refractivity contribution in [3.8, 4) is 0 Å². The van der Waals surface area contributed by atoms with Crippen LogP contribution in [0.25, 0.3) is 0 Å². The molecule has 0 radical (unpaired) electrons. The van der Waals surface area contributed by atoms with Crippen molar-refractivity contribution in [1.82, 2.24) is 0 Å². The lowest BCUT2D eigenvalue weighted by Gasteiger charge is -2.14. The molecule has 5 heteroatoms. The highest BCUT2D eigenvalue weighted by atomic mass is 32.2. The third-order valence-electron chi connectivity index (χ3n) is 2.83. The monoisotopic (exact) mass is 270 g/mol. The molecular weight excluding hydrogens is 252 g/mol. The Morgan fingerprint density at radius 2 is 1.78 bits per heavy atom. The van der Waals surface area contributed by atoms with Gasteiger partial charge in [-0.15, -0.1) is 0 Å². The molecule has 0 aliphatic rings. The van der Waals surface area contributed by atoms with Gasteiger partial charge in [0.2, 0.25) is 0 Å². The summed E-state index contributed by atoms with van der Waals surface area (Å²) in [6, 6.07) is 9.07. The molecule has 100 valence electrons. The standard InChI is InChI=1S/C13H18O4S/c1-10(2)18(16,17)9-12(13(14)15)8-11-6-4-3-5-7-11/h3-7,10,12H,8-9H2,1-2H3,(H,14,15)/t12-/m0/s1. The van der Waals surface area contributed by atoms with E-state index in [1.807, 2.05) is 18.2 Å². The second-order valence-electron chi connectivity index (χ2n) is 4.60. The Bertz CT molecular complexity index is 491. The molecule has 0 amide bonds. The first kappa shape index (κ1) is 14.7. The van der Waals surface area contributed by atoms with Gasteiger partial charge in [-0.3, -0.25) is 4.79 Å². The Morgan fingerprint density at radius 3 is 2.22 bits per heavy atom. The number of aliphatic carboxylic acids is 1. The summed E-state index contributed by atoms with van der Waals surface area (Å²) in [5.41, 5.74) is 0.837. The normalized spacial score (nSPS) is 13.5. The lowest BCUT2D eigenvalue weighted by molar-refractivity contribution is -0.140. The molecule has 0 saturated heterocycles. The van der Waals surface area contributed by atoms with Crippen molar-refractivity contribution in [3.63, 3.8) is 0 Å². The average Bonchev–Trinajstić information content (AvgIpc) is 2.29. The summed E-state index contributed by atoms with van der Waals surface area (Å²) in [4.78, 5) is 11.1. The molecule has 0 spiro atoms. The summed E-state index contributed by atoms with van der Waals surface area (Å²) < 4.78 is 23.5. The zero-order chi connectivity index (χ0) is 13.8. The quantitative estimate of drug-likeness (QED) is 0.855.